The molecular weight excluding hydrogens is 366 g/mol. The largest absolute Gasteiger partial charge is 0.354 e. The third-order valence-corrected chi connectivity index (χ3v) is 4.69. The third-order valence-electron chi connectivity index (χ3n) is 4.69. The summed E-state index contributed by atoms with van der Waals surface area (Å²) in [5, 5.41) is 18.0. The number of carbonyl (C=O) groups excluding carboxylic acids is 1. The molecule has 0 saturated carbocycles. The first kappa shape index (κ1) is 21.3. The second kappa shape index (κ2) is 11.0. The molecule has 1 aliphatic heterocycles. The molecule has 1 amide bonds. The Morgan fingerprint density at radius 1 is 1.26 bits per heavy atom. The van der Waals surface area contributed by atoms with E-state index in [0.717, 1.165) is 44.7 Å². The molecule has 1 saturated heterocycles. The second-order valence-corrected chi connectivity index (χ2v) is 6.61. The van der Waals surface area contributed by atoms with Gasteiger partial charge in [-0.1, -0.05) is 30.3 Å². The molecule has 1 atom stereocenters. The molecule has 0 bridgehead atoms. The summed E-state index contributed by atoms with van der Waals surface area (Å²) in [6, 6.07) is 9.52. The molecule has 0 aliphatic carbocycles. The van der Waals surface area contributed by atoms with Crippen molar-refractivity contribution < 1.29 is 4.79 Å². The number of hydrogen-bond acceptors (Lipinski definition) is 6. The molecule has 8 nitrogen and oxygen atoms in total. The third kappa shape index (κ3) is 6.27. The van der Waals surface area contributed by atoms with E-state index < -0.39 is 6.04 Å². The highest BCUT2D eigenvalue weighted by Crippen LogP contribution is 2.15. The molecule has 0 radical (unpaired) electrons. The standard InChI is InChI=1S/C18H27N7O.ClH/c1-15-21-22-23-25(15)17(14-16-6-3-2-4-7-16)18(26)20-8-5-11-24-12-9-19-10-13-24;/h2-4,6-7,17,19H,5,8-14H2,1H3,(H,20,26);1H. The Labute approximate surface area is 166 Å². The van der Waals surface area contributed by atoms with Crippen LogP contribution in [0.4, 0.5) is 0 Å². The zero-order valence-corrected chi connectivity index (χ0v) is 16.5. The molecule has 3 rings (SSSR count). The maximum Gasteiger partial charge on any atom is 0.245 e. The van der Waals surface area contributed by atoms with Gasteiger partial charge in [0.15, 0.2) is 0 Å². The molecule has 1 fully saturated rings. The number of benzene rings is 1. The van der Waals surface area contributed by atoms with Crippen LogP contribution in [0.5, 0.6) is 0 Å². The van der Waals surface area contributed by atoms with Gasteiger partial charge < -0.3 is 15.5 Å². The summed E-state index contributed by atoms with van der Waals surface area (Å²) in [5.41, 5.74) is 1.09. The first-order valence-corrected chi connectivity index (χ1v) is 9.23. The molecule has 148 valence electrons. The van der Waals surface area contributed by atoms with Gasteiger partial charge in [-0.15, -0.1) is 17.5 Å². The van der Waals surface area contributed by atoms with Crippen LogP contribution >= 0.6 is 12.4 Å². The lowest BCUT2D eigenvalue weighted by atomic mass is 10.1. The molecular formula is C18H28ClN7O. The normalized spacial score (nSPS) is 15.7. The molecule has 1 aromatic carbocycles. The fraction of sp³-hybridized carbons (Fsp3) is 0.556. The maximum absolute atomic E-state index is 12.8. The number of rotatable bonds is 8. The highest BCUT2D eigenvalue weighted by atomic mass is 35.5. The molecule has 2 N–H and O–H groups in total. The summed E-state index contributed by atoms with van der Waals surface area (Å²) in [6.45, 7) is 7.73. The summed E-state index contributed by atoms with van der Waals surface area (Å²) in [6.07, 6.45) is 1.51. The lowest BCUT2D eigenvalue weighted by Gasteiger charge is -2.27. The quantitative estimate of drug-likeness (QED) is 0.638. The number of halogens is 1. The molecule has 2 aromatic rings. The fourth-order valence-corrected chi connectivity index (χ4v) is 3.22. The molecule has 1 aliphatic rings. The van der Waals surface area contributed by atoms with Crippen LogP contribution in [0.2, 0.25) is 0 Å². The summed E-state index contributed by atoms with van der Waals surface area (Å²) in [4.78, 5) is 15.2. The van der Waals surface area contributed by atoms with Crippen molar-refractivity contribution >= 4 is 18.3 Å². The van der Waals surface area contributed by atoms with Crippen molar-refractivity contribution in [2.24, 2.45) is 0 Å². The van der Waals surface area contributed by atoms with Crippen LogP contribution in [0.3, 0.4) is 0 Å². The zero-order valence-electron chi connectivity index (χ0n) is 15.7. The zero-order chi connectivity index (χ0) is 18.2. The summed E-state index contributed by atoms with van der Waals surface area (Å²) in [7, 11) is 0. The lowest BCUT2D eigenvalue weighted by molar-refractivity contribution is -0.124. The van der Waals surface area contributed by atoms with E-state index in [2.05, 4.69) is 31.1 Å². The average Bonchev–Trinajstić information content (AvgIpc) is 3.10. The Morgan fingerprint density at radius 3 is 2.67 bits per heavy atom. The van der Waals surface area contributed by atoms with Crippen molar-refractivity contribution in [3.8, 4) is 0 Å². The number of nitrogens with zero attached hydrogens (tertiary/aromatic N) is 5. The number of carbonyl (C=O) groups is 1. The molecule has 0 spiro atoms. The van der Waals surface area contributed by atoms with Crippen molar-refractivity contribution in [1.82, 2.24) is 35.7 Å². The van der Waals surface area contributed by atoms with Gasteiger partial charge in [-0.25, -0.2) is 4.68 Å². The number of piperazine rings is 1. The van der Waals surface area contributed by atoms with Crippen LogP contribution in [0.25, 0.3) is 0 Å². The Morgan fingerprint density at radius 2 is 2.00 bits per heavy atom. The predicted octanol–water partition coefficient (Wildman–Crippen LogP) is 0.599. The molecule has 9 heteroatoms. The minimum atomic E-state index is -0.438. The van der Waals surface area contributed by atoms with Gasteiger partial charge in [0.25, 0.3) is 0 Å². The highest BCUT2D eigenvalue weighted by molar-refractivity contribution is 5.85. The van der Waals surface area contributed by atoms with Crippen molar-refractivity contribution in [3.63, 3.8) is 0 Å². The smallest absolute Gasteiger partial charge is 0.245 e. The van der Waals surface area contributed by atoms with E-state index in [1.54, 1.807) is 4.68 Å². The van der Waals surface area contributed by atoms with Crippen LogP contribution < -0.4 is 10.6 Å². The van der Waals surface area contributed by atoms with Gasteiger partial charge in [0.2, 0.25) is 5.91 Å². The topological polar surface area (TPSA) is 88.0 Å². The number of hydrogen-bond donors (Lipinski definition) is 2. The van der Waals surface area contributed by atoms with Crippen LogP contribution in [0.15, 0.2) is 30.3 Å². The maximum atomic E-state index is 12.8. The number of aryl methyl sites for hydroxylation is 1. The lowest BCUT2D eigenvalue weighted by Crippen LogP contribution is -2.44. The van der Waals surface area contributed by atoms with E-state index in [0.29, 0.717) is 18.8 Å². The van der Waals surface area contributed by atoms with E-state index in [-0.39, 0.29) is 18.3 Å². The van der Waals surface area contributed by atoms with Crippen LogP contribution in [0.1, 0.15) is 23.9 Å². The highest BCUT2D eigenvalue weighted by Gasteiger charge is 2.24. The molecule has 1 unspecified atom stereocenters. The Kier molecular flexibility index (Phi) is 8.63. The van der Waals surface area contributed by atoms with Crippen LogP contribution in [-0.4, -0.2) is 70.3 Å². The van der Waals surface area contributed by atoms with Gasteiger partial charge in [0.1, 0.15) is 11.9 Å². The van der Waals surface area contributed by atoms with E-state index in [4.69, 9.17) is 0 Å². The predicted molar refractivity (Wildman–Crippen MR) is 106 cm³/mol. The van der Waals surface area contributed by atoms with Crippen LogP contribution in [0, 0.1) is 6.92 Å². The number of nitrogens with one attached hydrogen (secondary N) is 2. The van der Waals surface area contributed by atoms with Gasteiger partial charge in [0, 0.05) is 39.1 Å². The van der Waals surface area contributed by atoms with E-state index in [1.807, 2.05) is 37.3 Å². The molecule has 1 aromatic heterocycles. The number of amides is 1. The van der Waals surface area contributed by atoms with E-state index in [9.17, 15) is 4.79 Å². The minimum Gasteiger partial charge on any atom is -0.354 e. The monoisotopic (exact) mass is 393 g/mol. The van der Waals surface area contributed by atoms with E-state index in [1.165, 1.54) is 0 Å². The van der Waals surface area contributed by atoms with Crippen LogP contribution in [-0.2, 0) is 11.2 Å². The fourth-order valence-electron chi connectivity index (χ4n) is 3.22. The van der Waals surface area contributed by atoms with Gasteiger partial charge in [0.05, 0.1) is 0 Å². The first-order valence-electron chi connectivity index (χ1n) is 9.23. The van der Waals surface area contributed by atoms with Gasteiger partial charge in [-0.2, -0.15) is 0 Å². The number of aromatic nitrogens is 4. The Bertz CT molecular complexity index is 688. The van der Waals surface area contributed by atoms with Gasteiger partial charge >= 0.3 is 0 Å². The molecule has 27 heavy (non-hydrogen) atoms. The summed E-state index contributed by atoms with van der Waals surface area (Å²) < 4.78 is 1.61. The van der Waals surface area contributed by atoms with E-state index >= 15 is 0 Å². The molecule has 2 heterocycles. The summed E-state index contributed by atoms with van der Waals surface area (Å²) in [5.74, 6) is 0.603. The second-order valence-electron chi connectivity index (χ2n) is 6.61. The Hall–Kier alpha value is -2.03. The van der Waals surface area contributed by atoms with Crippen molar-refractivity contribution in [2.75, 3.05) is 39.3 Å². The first-order chi connectivity index (χ1) is 12.7. The Balaban J connectivity index is 0.00000261. The van der Waals surface area contributed by atoms with Gasteiger partial charge in [-0.05, 0) is 35.9 Å². The average molecular weight is 394 g/mol. The van der Waals surface area contributed by atoms with Crippen molar-refractivity contribution in [1.29, 1.82) is 0 Å². The SMILES string of the molecule is Cc1nnnn1C(Cc1ccccc1)C(=O)NCCCN1CCNCC1.Cl. The summed E-state index contributed by atoms with van der Waals surface area (Å²) >= 11 is 0. The van der Waals surface area contributed by atoms with Gasteiger partial charge in [-0.3, -0.25) is 4.79 Å². The number of tetrazole rings is 1. The van der Waals surface area contributed by atoms with Crippen molar-refractivity contribution in [2.45, 2.75) is 25.8 Å². The minimum absolute atomic E-state index is 0. The van der Waals surface area contributed by atoms with Crippen molar-refractivity contribution in [3.05, 3.63) is 41.7 Å².